The van der Waals surface area contributed by atoms with E-state index in [0.717, 1.165) is 19.5 Å². The van der Waals surface area contributed by atoms with E-state index in [1.54, 1.807) is 0 Å². The number of quaternary nitrogens is 1. The number of ether oxygens (including phenoxy) is 9. The summed E-state index contributed by atoms with van der Waals surface area (Å²) in [7, 11) is 11.8. The van der Waals surface area contributed by atoms with Crippen LogP contribution in [0.5, 0.6) is 0 Å². The molecule has 90 heavy (non-hydrogen) atoms. The third-order valence-electron chi connectivity index (χ3n) is 15.2. The number of rotatable bonds is 45. The number of carboxylic acids is 3. The quantitative estimate of drug-likeness (QED) is 0.0117. The second kappa shape index (κ2) is 39.9. The smallest absolute Gasteiger partial charge is 0.303 e. The van der Waals surface area contributed by atoms with Gasteiger partial charge in [-0.25, -0.2) is 0 Å². The second-order valence-corrected chi connectivity index (χ2v) is 23.7. The normalized spacial score (nSPS) is 33.6. The molecule has 0 aromatic carbocycles. The van der Waals surface area contributed by atoms with Gasteiger partial charge in [-0.05, 0) is 60.4 Å². The van der Waals surface area contributed by atoms with Gasteiger partial charge in [0.15, 0.2) is 18.9 Å². The Bertz CT molecular complexity index is 2110. The van der Waals surface area contributed by atoms with Crippen molar-refractivity contribution < 1.29 is 152 Å². The first-order valence-corrected chi connectivity index (χ1v) is 29.8. The molecule has 4 aliphatic rings. The van der Waals surface area contributed by atoms with Crippen molar-refractivity contribution in [3.8, 4) is 0 Å². The van der Waals surface area contributed by atoms with E-state index in [4.69, 9.17) is 72.5 Å². The molecule has 15 N–H and O–H groups in total. The van der Waals surface area contributed by atoms with E-state index in [1.165, 1.54) is 0 Å². The van der Waals surface area contributed by atoms with E-state index in [-0.39, 0.29) is 39.1 Å². The number of hydroxylamine groups is 3. The zero-order valence-corrected chi connectivity index (χ0v) is 51.5. The summed E-state index contributed by atoms with van der Waals surface area (Å²) in [5.41, 5.74) is 7.01. The number of aldehydes is 3. The number of hydrogen-bond donors (Lipinski definition) is 15. The highest BCUT2D eigenvalue weighted by Gasteiger charge is 2.56. The highest BCUT2D eigenvalue weighted by Crippen LogP contribution is 2.35. The molecule has 0 radical (unpaired) electrons. The molecule has 36 heteroatoms. The van der Waals surface area contributed by atoms with Gasteiger partial charge in [0.1, 0.15) is 117 Å². The van der Waals surface area contributed by atoms with Crippen molar-refractivity contribution in [2.75, 3.05) is 108 Å². The first-order chi connectivity index (χ1) is 42.6. The van der Waals surface area contributed by atoms with Crippen molar-refractivity contribution in [2.45, 2.75) is 199 Å². The van der Waals surface area contributed by atoms with E-state index in [0.29, 0.717) is 49.3 Å². The van der Waals surface area contributed by atoms with Crippen LogP contribution in [0, 0.1) is 0 Å². The van der Waals surface area contributed by atoms with Crippen LogP contribution in [0.25, 0.3) is 0 Å². The minimum Gasteiger partial charge on any atom is -0.481 e. The van der Waals surface area contributed by atoms with Gasteiger partial charge in [0, 0.05) is 45.3 Å². The highest BCUT2D eigenvalue weighted by molar-refractivity contribution is 5.69. The van der Waals surface area contributed by atoms with Gasteiger partial charge in [-0.3, -0.25) is 28.9 Å². The number of nitrogens with zero attached hydrogens (tertiary/aromatic N) is 3. The Labute approximate surface area is 520 Å². The second-order valence-electron chi connectivity index (χ2n) is 23.7. The molecule has 4 heterocycles. The van der Waals surface area contributed by atoms with Crippen LogP contribution in [0.4, 0.5) is 0 Å². The molecule has 4 fully saturated rings. The summed E-state index contributed by atoms with van der Waals surface area (Å²) in [6, 6.07) is -3.59. The van der Waals surface area contributed by atoms with Crippen molar-refractivity contribution in [2.24, 2.45) is 0 Å². The van der Waals surface area contributed by atoms with Gasteiger partial charge in [-0.15, -0.1) is 0 Å². The molecule has 0 aromatic heterocycles. The van der Waals surface area contributed by atoms with Gasteiger partial charge in [0.25, 0.3) is 0 Å². The maximum absolute atomic E-state index is 11.9. The minimum atomic E-state index is -2.16. The summed E-state index contributed by atoms with van der Waals surface area (Å²) in [5.74, 6) is -3.65. The van der Waals surface area contributed by atoms with Gasteiger partial charge in [-0.2, -0.15) is 16.4 Å². The van der Waals surface area contributed by atoms with E-state index >= 15 is 0 Å². The lowest BCUT2D eigenvalue weighted by atomic mass is 9.95. The fourth-order valence-electron chi connectivity index (χ4n) is 9.98. The average molecular weight is 1310 g/mol. The standard InChI is InChI=1S/C54H96N6O30/c1-58(2)16-7-18-60(5,6)19-9-21-80-27-34-49(41(73)46(78)54(85-34)90-57-31(24-63)12-15-38(69)70)87-51-43(75)39(71)47(32(25-64)82-51)86-52-44(76)40(72)48(33(83-52)26-79-20-8-17-59(3)4)88-53-45(77)42(74)50(89-56-30(23-62)11-14-37(67)68)35(84-53)28-81-55-29(22-61)10-13-36(65)66/h22-24,29-35,39-57,64,71-78H,7-21,25-28H2,1-6H3,(H2-,65,66,67,68,69,70)/p+1/t29-,30-,31-,32?,33?,34?,35?,39?,40?,41?,42?,43?,44?,45?,46?,47?,48?,49?,50?,51?,52?,53?,54?/m0/s1. The third kappa shape index (κ3) is 25.6. The predicted molar refractivity (Wildman–Crippen MR) is 300 cm³/mol. The maximum Gasteiger partial charge on any atom is 0.303 e. The SMILES string of the molecule is CN(C)CCCOCC1OC(OC2C(CO)OC(OC3C(COCCC[N+](C)(C)CCCN(C)C)OC(ON[C@H](C=O)CCC(=O)O)C(O)C3O)C(O)C2O)C(O)C(O)C1OC1OC(CON[C@H](C=O)CCC(=O)O)C(ON[C@H](C=O)CCC(=O)O)C(O)C1O. The van der Waals surface area contributed by atoms with Gasteiger partial charge >= 0.3 is 17.9 Å². The summed E-state index contributed by atoms with van der Waals surface area (Å²) in [4.78, 5) is 89.2. The Balaban J connectivity index is 1.55. The molecule has 0 amide bonds. The van der Waals surface area contributed by atoms with Crippen LogP contribution < -0.4 is 16.4 Å². The fourth-order valence-corrected chi connectivity index (χ4v) is 9.98. The molecule has 0 spiro atoms. The van der Waals surface area contributed by atoms with Gasteiger partial charge < -0.3 is 133 Å². The van der Waals surface area contributed by atoms with Crippen molar-refractivity contribution in [3.05, 3.63) is 0 Å². The lowest BCUT2D eigenvalue weighted by Gasteiger charge is -2.49. The third-order valence-corrected chi connectivity index (χ3v) is 15.2. The molecule has 4 saturated heterocycles. The van der Waals surface area contributed by atoms with Crippen LogP contribution >= 0.6 is 0 Å². The van der Waals surface area contributed by atoms with Gasteiger partial charge in [0.2, 0.25) is 6.29 Å². The van der Waals surface area contributed by atoms with Crippen LogP contribution in [-0.4, -0.2) is 361 Å². The summed E-state index contributed by atoms with van der Waals surface area (Å²) < 4.78 is 54.7. The van der Waals surface area contributed by atoms with E-state index in [9.17, 15) is 74.7 Å². The summed E-state index contributed by atoms with van der Waals surface area (Å²) in [6.45, 7) is 0.889. The fraction of sp³-hybridized carbons (Fsp3) is 0.889. The number of hydrogen-bond acceptors (Lipinski definition) is 32. The summed E-state index contributed by atoms with van der Waals surface area (Å²) >= 11 is 0. The topological polar surface area (TPSA) is 499 Å². The van der Waals surface area contributed by atoms with Crippen molar-refractivity contribution in [3.63, 3.8) is 0 Å². The number of aliphatic hydroxyl groups is 9. The van der Waals surface area contributed by atoms with Crippen molar-refractivity contribution in [1.82, 2.24) is 26.2 Å². The van der Waals surface area contributed by atoms with E-state index in [2.05, 4.69) is 35.4 Å². The van der Waals surface area contributed by atoms with Crippen LogP contribution in [0.15, 0.2) is 0 Å². The average Bonchev–Trinajstić information content (AvgIpc) is 0.837. The molecular formula is C54H97N6O30+. The molecular weight excluding hydrogens is 1210 g/mol. The minimum absolute atomic E-state index is 0.0895. The van der Waals surface area contributed by atoms with Crippen LogP contribution in [-0.2, 0) is 85.9 Å². The predicted octanol–water partition coefficient (Wildman–Crippen LogP) is -7.45. The monoisotopic (exact) mass is 1310 g/mol. The maximum atomic E-state index is 11.9. The Morgan fingerprint density at radius 1 is 0.478 bits per heavy atom. The first kappa shape index (κ1) is 78.8. The molecule has 522 valence electrons. The Morgan fingerprint density at radius 2 is 0.833 bits per heavy atom. The zero-order chi connectivity index (χ0) is 66.8. The van der Waals surface area contributed by atoms with Gasteiger partial charge in [0.05, 0.1) is 78.3 Å². The van der Waals surface area contributed by atoms with Crippen molar-refractivity contribution >= 4 is 36.8 Å². The lowest BCUT2D eigenvalue weighted by molar-refractivity contribution is -0.890. The number of carboxylic acid groups (broad SMARTS) is 3. The molecule has 4 aliphatic heterocycles. The highest BCUT2D eigenvalue weighted by atomic mass is 16.8. The number of carbonyl (C=O) groups is 6. The van der Waals surface area contributed by atoms with Crippen LogP contribution in [0.3, 0.4) is 0 Å². The largest absolute Gasteiger partial charge is 0.481 e. The number of aliphatic carboxylic acids is 3. The zero-order valence-electron chi connectivity index (χ0n) is 51.5. The summed E-state index contributed by atoms with van der Waals surface area (Å²) in [6.07, 6.45) is -36.0. The molecule has 4 rings (SSSR count). The molecule has 0 aromatic rings. The van der Waals surface area contributed by atoms with Crippen molar-refractivity contribution in [1.29, 1.82) is 0 Å². The van der Waals surface area contributed by atoms with E-state index in [1.807, 2.05) is 33.1 Å². The molecule has 23 atom stereocenters. The molecule has 20 unspecified atom stereocenters. The Kier molecular flexibility index (Phi) is 34.9. The number of aliphatic hydroxyl groups excluding tert-OH is 9. The first-order valence-electron chi connectivity index (χ1n) is 29.8. The Hall–Kier alpha value is -3.66. The van der Waals surface area contributed by atoms with Crippen LogP contribution in [0.1, 0.15) is 57.8 Å². The summed E-state index contributed by atoms with van der Waals surface area (Å²) in [5, 5.41) is 131. The Morgan fingerprint density at radius 3 is 1.27 bits per heavy atom. The molecule has 36 nitrogen and oxygen atoms in total. The van der Waals surface area contributed by atoms with Crippen LogP contribution in [0.2, 0.25) is 0 Å². The molecule has 0 saturated carbocycles. The molecule has 0 aliphatic carbocycles. The van der Waals surface area contributed by atoms with Gasteiger partial charge in [-0.1, -0.05) is 0 Å². The lowest BCUT2D eigenvalue weighted by Crippen LogP contribution is -2.68. The number of nitrogens with one attached hydrogen (secondary N) is 3. The number of carbonyl (C=O) groups excluding carboxylic acids is 3. The molecule has 0 bridgehead atoms. The van der Waals surface area contributed by atoms with E-state index < -0.39 is 198 Å².